The highest BCUT2D eigenvalue weighted by Gasteiger charge is 2.51. The molecule has 3 atom stereocenters. The number of hydroxylamine groups is 1. The van der Waals surface area contributed by atoms with Crippen LogP contribution >= 0.6 is 12.4 Å². The lowest BCUT2D eigenvalue weighted by Gasteiger charge is -2.40. The Morgan fingerprint density at radius 1 is 1.23 bits per heavy atom. The van der Waals surface area contributed by atoms with Gasteiger partial charge in [-0.1, -0.05) is 76.6 Å². The van der Waals surface area contributed by atoms with Gasteiger partial charge in [0.15, 0.2) is 0 Å². The molecule has 1 unspecified atom stereocenters. The van der Waals surface area contributed by atoms with Gasteiger partial charge in [-0.2, -0.15) is 0 Å². The van der Waals surface area contributed by atoms with Crippen molar-refractivity contribution in [3.8, 4) is 0 Å². The summed E-state index contributed by atoms with van der Waals surface area (Å²) in [5.74, 6) is 4.19. The fourth-order valence-electron chi connectivity index (χ4n) is 4.82. The topological polar surface area (TPSA) is 128 Å². The number of hydrazine groups is 2. The van der Waals surface area contributed by atoms with Crippen molar-refractivity contribution in [2.45, 2.75) is 59.4 Å². The van der Waals surface area contributed by atoms with E-state index in [1.807, 2.05) is 70.2 Å². The highest BCUT2D eigenvalue weighted by Crippen LogP contribution is 2.37. The third kappa shape index (κ3) is 7.51. The van der Waals surface area contributed by atoms with Gasteiger partial charge in [-0.05, 0) is 36.7 Å². The summed E-state index contributed by atoms with van der Waals surface area (Å²) >= 11 is 0. The zero-order chi connectivity index (χ0) is 25.3. The first-order valence-corrected chi connectivity index (χ1v) is 11.9. The number of amides is 3. The van der Waals surface area contributed by atoms with Crippen molar-refractivity contribution in [2.24, 2.45) is 23.1 Å². The number of carbonyl (C=O) groups excluding carboxylic acids is 3. The molecule has 0 bridgehead atoms. The summed E-state index contributed by atoms with van der Waals surface area (Å²) < 4.78 is 0. The Morgan fingerprint density at radius 2 is 1.89 bits per heavy atom. The van der Waals surface area contributed by atoms with E-state index in [1.54, 1.807) is 10.5 Å². The molecule has 9 nitrogen and oxygen atoms in total. The van der Waals surface area contributed by atoms with Gasteiger partial charge in [0, 0.05) is 13.1 Å². The molecular weight excluding hydrogens is 470 g/mol. The fraction of sp³-hybridized carbons (Fsp3) is 0.560. The van der Waals surface area contributed by atoms with Crippen LogP contribution in [0, 0.1) is 17.3 Å². The molecular formula is C25H40ClN5O4. The normalized spacial score (nSPS) is 18.7. The van der Waals surface area contributed by atoms with Crippen LogP contribution in [0.3, 0.4) is 0 Å². The van der Waals surface area contributed by atoms with Crippen molar-refractivity contribution in [3.05, 3.63) is 42.0 Å². The molecule has 0 saturated carbocycles. The molecule has 10 heteroatoms. The van der Waals surface area contributed by atoms with E-state index in [0.717, 1.165) is 5.56 Å². The number of nitrogens with zero attached hydrogens (tertiary/aromatic N) is 2. The smallest absolute Gasteiger partial charge is 0.262 e. The van der Waals surface area contributed by atoms with Gasteiger partial charge in [0.2, 0.25) is 5.91 Å². The van der Waals surface area contributed by atoms with E-state index in [-0.39, 0.29) is 36.6 Å². The molecule has 1 fully saturated rings. The largest absolute Gasteiger partial charge is 0.293 e. The molecule has 196 valence electrons. The second-order valence-electron chi connectivity index (χ2n) is 9.56. The maximum Gasteiger partial charge on any atom is 0.262 e. The second kappa shape index (κ2) is 14.2. The van der Waals surface area contributed by atoms with Gasteiger partial charge in [-0.3, -0.25) is 30.0 Å². The molecule has 1 aromatic rings. The first-order valence-electron chi connectivity index (χ1n) is 11.9. The molecule has 1 aromatic carbocycles. The average molecular weight is 510 g/mol. The van der Waals surface area contributed by atoms with Gasteiger partial charge >= 0.3 is 0 Å². The molecule has 0 aromatic heterocycles. The van der Waals surface area contributed by atoms with E-state index in [1.165, 1.54) is 5.01 Å². The van der Waals surface area contributed by atoms with Crippen LogP contribution in [0.4, 0.5) is 0 Å². The molecule has 0 aliphatic carbocycles. The maximum atomic E-state index is 14.0. The summed E-state index contributed by atoms with van der Waals surface area (Å²) in [5, 5.41) is 12.6. The quantitative estimate of drug-likeness (QED) is 0.119. The van der Waals surface area contributed by atoms with E-state index in [9.17, 15) is 19.6 Å². The van der Waals surface area contributed by atoms with Crippen LogP contribution in [0.1, 0.15) is 58.9 Å². The molecule has 0 spiro atoms. The van der Waals surface area contributed by atoms with Crippen LogP contribution in [0.15, 0.2) is 36.4 Å². The van der Waals surface area contributed by atoms with Crippen molar-refractivity contribution in [1.82, 2.24) is 20.9 Å². The number of rotatable bonds is 11. The molecule has 2 rings (SSSR count). The summed E-state index contributed by atoms with van der Waals surface area (Å²) in [6.07, 6.45) is 5.32. The molecule has 1 aliphatic rings. The summed E-state index contributed by atoms with van der Waals surface area (Å²) in [6, 6.07) is 8.84. The fourth-order valence-corrected chi connectivity index (χ4v) is 4.82. The van der Waals surface area contributed by atoms with Crippen molar-refractivity contribution < 1.29 is 19.6 Å². The third-order valence-electron chi connectivity index (χ3n) is 6.18. The average Bonchev–Trinajstić information content (AvgIpc) is 3.21. The van der Waals surface area contributed by atoms with Gasteiger partial charge in [-0.25, -0.2) is 16.3 Å². The van der Waals surface area contributed by atoms with Gasteiger partial charge in [0.25, 0.3) is 11.8 Å². The zero-order valence-electron chi connectivity index (χ0n) is 21.1. The highest BCUT2D eigenvalue weighted by atomic mass is 35.5. The number of nitrogens with one attached hydrogen (secondary N) is 2. The first kappa shape index (κ1) is 30.6. The van der Waals surface area contributed by atoms with Gasteiger partial charge < -0.3 is 0 Å². The van der Waals surface area contributed by atoms with Crippen molar-refractivity contribution in [1.29, 1.82) is 0 Å². The zero-order valence-corrected chi connectivity index (χ0v) is 21.9. The Morgan fingerprint density at radius 3 is 2.43 bits per heavy atom. The van der Waals surface area contributed by atoms with Crippen LogP contribution in [0.5, 0.6) is 0 Å². The number of hydrogen-bond acceptors (Lipinski definition) is 6. The number of nitrogens with two attached hydrogens (primary N) is 1. The van der Waals surface area contributed by atoms with E-state index in [4.69, 9.17) is 5.84 Å². The van der Waals surface area contributed by atoms with E-state index in [2.05, 4.69) is 5.43 Å². The van der Waals surface area contributed by atoms with Crippen LogP contribution < -0.4 is 16.7 Å². The predicted molar refractivity (Wildman–Crippen MR) is 138 cm³/mol. The van der Waals surface area contributed by atoms with Crippen molar-refractivity contribution in [3.63, 3.8) is 0 Å². The van der Waals surface area contributed by atoms with Crippen molar-refractivity contribution >= 4 is 36.2 Å². The Balaban J connectivity index is 0.00000612. The molecule has 1 aliphatic heterocycles. The summed E-state index contributed by atoms with van der Waals surface area (Å²) in [6.45, 7) is 8.65. The minimum atomic E-state index is -1.33. The van der Waals surface area contributed by atoms with Crippen LogP contribution in [0.25, 0.3) is 6.08 Å². The minimum absolute atomic E-state index is 0. The van der Waals surface area contributed by atoms with Crippen LogP contribution in [0.2, 0.25) is 0 Å². The Hall–Kier alpha value is -2.46. The van der Waals surface area contributed by atoms with Gasteiger partial charge in [0.05, 0.1) is 0 Å². The van der Waals surface area contributed by atoms with Gasteiger partial charge in [0.1, 0.15) is 11.5 Å². The number of hydrogen-bond donors (Lipinski definition) is 4. The maximum absolute atomic E-state index is 14.0. The summed E-state index contributed by atoms with van der Waals surface area (Å²) in [5.41, 5.74) is 3.60. The Bertz CT molecular complexity index is 867. The summed E-state index contributed by atoms with van der Waals surface area (Å²) in [7, 11) is 0. The Kier molecular flexibility index (Phi) is 12.4. The van der Waals surface area contributed by atoms with Crippen LogP contribution in [-0.2, 0) is 14.4 Å². The standard InChI is InChI=1S/C25H39N5O4.ClH/c1-5-14-25(15-18(2)3,23(32)27-26)24(33)30-17-19(4)16-29(30)21(22(31)28-34)13-9-12-20-10-7-6-8-11-20;/h6-12,18-19,21,34H,5,13-17,26H2,1-4H3,(H,27,32)(H,28,31);1H/b12-9+;/t19?,21-,25+;/m0./s1. The van der Waals surface area contributed by atoms with E-state index >= 15 is 0 Å². The van der Waals surface area contributed by atoms with Crippen LogP contribution in [-0.4, -0.2) is 52.1 Å². The lowest BCUT2D eigenvalue weighted by Crippen LogP contribution is -2.60. The first-order chi connectivity index (χ1) is 16.2. The predicted octanol–water partition coefficient (Wildman–Crippen LogP) is 2.90. The second-order valence-corrected chi connectivity index (χ2v) is 9.56. The van der Waals surface area contributed by atoms with Gasteiger partial charge in [-0.15, -0.1) is 12.4 Å². The van der Waals surface area contributed by atoms with Crippen molar-refractivity contribution in [2.75, 3.05) is 13.1 Å². The monoisotopic (exact) mass is 509 g/mol. The molecule has 1 saturated heterocycles. The lowest BCUT2D eigenvalue weighted by atomic mass is 9.74. The molecule has 0 radical (unpaired) electrons. The summed E-state index contributed by atoms with van der Waals surface area (Å²) in [4.78, 5) is 39.7. The molecule has 35 heavy (non-hydrogen) atoms. The number of halogens is 1. The molecule has 3 amide bonds. The Labute approximate surface area is 214 Å². The lowest BCUT2D eigenvalue weighted by molar-refractivity contribution is -0.168. The third-order valence-corrected chi connectivity index (χ3v) is 6.18. The number of carbonyl (C=O) groups is 3. The molecule has 5 N–H and O–H groups in total. The minimum Gasteiger partial charge on any atom is -0.293 e. The van der Waals surface area contributed by atoms with E-state index < -0.39 is 23.3 Å². The SMILES string of the molecule is CCC[C@@](CC(C)C)(C(=O)NN)C(=O)N1CC(C)CN1[C@@H](C/C=C/c1ccccc1)C(=O)NO.Cl. The highest BCUT2D eigenvalue weighted by molar-refractivity contribution is 6.05. The van der Waals surface area contributed by atoms with E-state index in [0.29, 0.717) is 32.4 Å². The molecule has 1 heterocycles. The number of benzene rings is 1.